The standard InChI is InChI=1S/C16H15N3O5/c1-2-22-12-7-5-11(6-8-12)17-14(20)10-19-16(21)24-15(18-19)13-4-3-9-23-13/h3-9H,2,10H2,1H3,(H,17,20). The highest BCUT2D eigenvalue weighted by molar-refractivity contribution is 5.90. The van der Waals surface area contributed by atoms with Gasteiger partial charge in [0, 0.05) is 5.69 Å². The Labute approximate surface area is 136 Å². The molecule has 0 fully saturated rings. The quantitative estimate of drug-likeness (QED) is 0.744. The third-order valence-electron chi connectivity index (χ3n) is 3.08. The summed E-state index contributed by atoms with van der Waals surface area (Å²) in [7, 11) is 0. The van der Waals surface area contributed by atoms with E-state index in [9.17, 15) is 9.59 Å². The smallest absolute Gasteiger partial charge is 0.437 e. The molecule has 3 rings (SSSR count). The van der Waals surface area contributed by atoms with Crippen molar-refractivity contribution in [1.29, 1.82) is 0 Å². The fourth-order valence-electron chi connectivity index (χ4n) is 2.04. The van der Waals surface area contributed by atoms with Crippen LogP contribution in [0.25, 0.3) is 11.7 Å². The molecule has 0 unspecified atom stereocenters. The van der Waals surface area contributed by atoms with Crippen LogP contribution in [-0.2, 0) is 11.3 Å². The number of rotatable bonds is 6. The Kier molecular flexibility index (Phi) is 4.46. The van der Waals surface area contributed by atoms with E-state index in [0.29, 0.717) is 23.8 Å². The monoisotopic (exact) mass is 329 g/mol. The number of hydrogen-bond donors (Lipinski definition) is 1. The molecule has 3 aromatic rings. The lowest BCUT2D eigenvalue weighted by Crippen LogP contribution is -2.25. The van der Waals surface area contributed by atoms with Crippen LogP contribution >= 0.6 is 0 Å². The summed E-state index contributed by atoms with van der Waals surface area (Å²) in [6.45, 7) is 2.19. The first-order chi connectivity index (χ1) is 11.7. The first-order valence-electron chi connectivity index (χ1n) is 7.30. The van der Waals surface area contributed by atoms with Crippen LogP contribution in [0.15, 0.2) is 56.3 Å². The molecule has 0 aliphatic carbocycles. The molecular formula is C16H15N3O5. The second kappa shape index (κ2) is 6.86. The van der Waals surface area contributed by atoms with Gasteiger partial charge in [-0.15, -0.1) is 5.10 Å². The van der Waals surface area contributed by atoms with Gasteiger partial charge in [0.05, 0.1) is 12.9 Å². The molecule has 0 aliphatic rings. The van der Waals surface area contributed by atoms with Crippen molar-refractivity contribution >= 4 is 11.6 Å². The molecule has 2 aromatic heterocycles. The zero-order valence-corrected chi connectivity index (χ0v) is 12.9. The average Bonchev–Trinajstić information content (AvgIpc) is 3.20. The fraction of sp³-hybridized carbons (Fsp3) is 0.188. The molecular weight excluding hydrogens is 314 g/mol. The van der Waals surface area contributed by atoms with Crippen LogP contribution in [0.5, 0.6) is 5.75 Å². The molecule has 8 heteroatoms. The highest BCUT2D eigenvalue weighted by Crippen LogP contribution is 2.16. The number of amides is 1. The van der Waals surface area contributed by atoms with Crippen molar-refractivity contribution in [2.75, 3.05) is 11.9 Å². The Morgan fingerprint density at radius 2 is 2.08 bits per heavy atom. The number of furan rings is 1. The molecule has 124 valence electrons. The lowest BCUT2D eigenvalue weighted by atomic mass is 10.3. The topological polar surface area (TPSA) is 99.5 Å². The van der Waals surface area contributed by atoms with Gasteiger partial charge in [0.2, 0.25) is 5.91 Å². The Morgan fingerprint density at radius 3 is 2.75 bits per heavy atom. The van der Waals surface area contributed by atoms with E-state index in [-0.39, 0.29) is 12.4 Å². The van der Waals surface area contributed by atoms with Crippen molar-refractivity contribution in [3.05, 3.63) is 53.2 Å². The molecule has 0 aliphatic heterocycles. The number of nitrogens with zero attached hydrogens (tertiary/aromatic N) is 2. The number of aromatic nitrogens is 2. The van der Waals surface area contributed by atoms with Crippen LogP contribution in [0.2, 0.25) is 0 Å². The summed E-state index contributed by atoms with van der Waals surface area (Å²) in [5, 5.41) is 6.61. The van der Waals surface area contributed by atoms with Gasteiger partial charge >= 0.3 is 5.76 Å². The van der Waals surface area contributed by atoms with E-state index in [0.717, 1.165) is 4.68 Å². The van der Waals surface area contributed by atoms with Gasteiger partial charge in [-0.1, -0.05) is 0 Å². The number of benzene rings is 1. The molecule has 24 heavy (non-hydrogen) atoms. The zero-order valence-electron chi connectivity index (χ0n) is 12.9. The third kappa shape index (κ3) is 3.54. The van der Waals surface area contributed by atoms with E-state index in [1.807, 2.05) is 6.92 Å². The predicted molar refractivity (Wildman–Crippen MR) is 84.7 cm³/mol. The largest absolute Gasteiger partial charge is 0.494 e. The van der Waals surface area contributed by atoms with E-state index >= 15 is 0 Å². The summed E-state index contributed by atoms with van der Waals surface area (Å²) in [6.07, 6.45) is 1.44. The molecule has 2 heterocycles. The van der Waals surface area contributed by atoms with Crippen molar-refractivity contribution in [2.24, 2.45) is 0 Å². The van der Waals surface area contributed by atoms with Crippen LogP contribution in [0.4, 0.5) is 5.69 Å². The van der Waals surface area contributed by atoms with Crippen molar-refractivity contribution in [2.45, 2.75) is 13.5 Å². The Bertz CT molecular complexity index is 862. The first kappa shape index (κ1) is 15.6. The van der Waals surface area contributed by atoms with Gasteiger partial charge in [0.1, 0.15) is 12.3 Å². The molecule has 0 saturated carbocycles. The van der Waals surface area contributed by atoms with Crippen LogP contribution in [0, 0.1) is 0 Å². The Hall–Kier alpha value is -3.29. The summed E-state index contributed by atoms with van der Waals surface area (Å²) in [4.78, 5) is 23.8. The van der Waals surface area contributed by atoms with Crippen LogP contribution in [0.3, 0.4) is 0 Å². The number of hydrogen-bond acceptors (Lipinski definition) is 6. The number of ether oxygens (including phenoxy) is 1. The zero-order chi connectivity index (χ0) is 16.9. The van der Waals surface area contributed by atoms with Gasteiger partial charge in [-0.2, -0.15) is 4.68 Å². The lowest BCUT2D eigenvalue weighted by molar-refractivity contribution is -0.117. The summed E-state index contributed by atoms with van der Waals surface area (Å²) < 4.78 is 16.3. The molecule has 1 aromatic carbocycles. The molecule has 0 atom stereocenters. The molecule has 8 nitrogen and oxygen atoms in total. The molecule has 1 amide bonds. The summed E-state index contributed by atoms with van der Waals surface area (Å²) in [6, 6.07) is 10.2. The number of anilines is 1. The van der Waals surface area contributed by atoms with Crippen LogP contribution in [0.1, 0.15) is 6.92 Å². The number of carbonyl (C=O) groups excluding carboxylic acids is 1. The average molecular weight is 329 g/mol. The van der Waals surface area contributed by atoms with Crippen LogP contribution in [-0.4, -0.2) is 22.3 Å². The number of carbonyl (C=O) groups is 1. The fourth-order valence-corrected chi connectivity index (χ4v) is 2.04. The van der Waals surface area contributed by atoms with E-state index < -0.39 is 11.7 Å². The highest BCUT2D eigenvalue weighted by atomic mass is 16.5. The van der Waals surface area contributed by atoms with Gasteiger partial charge in [-0.05, 0) is 43.3 Å². The molecule has 0 radical (unpaired) electrons. The highest BCUT2D eigenvalue weighted by Gasteiger charge is 2.15. The second-order valence-corrected chi connectivity index (χ2v) is 4.81. The van der Waals surface area contributed by atoms with Crippen molar-refractivity contribution in [3.8, 4) is 17.4 Å². The third-order valence-corrected chi connectivity index (χ3v) is 3.08. The molecule has 0 saturated heterocycles. The van der Waals surface area contributed by atoms with Crippen molar-refractivity contribution in [3.63, 3.8) is 0 Å². The normalized spacial score (nSPS) is 10.5. The first-order valence-corrected chi connectivity index (χ1v) is 7.30. The van der Waals surface area contributed by atoms with Gasteiger partial charge in [-0.3, -0.25) is 4.79 Å². The van der Waals surface area contributed by atoms with E-state index in [4.69, 9.17) is 13.6 Å². The predicted octanol–water partition coefficient (Wildman–Crippen LogP) is 2.13. The summed E-state index contributed by atoms with van der Waals surface area (Å²) in [5.74, 6) is -0.0771. The maximum absolute atomic E-state index is 12.0. The SMILES string of the molecule is CCOc1ccc(NC(=O)Cn2nc(-c3ccco3)oc2=O)cc1. The minimum Gasteiger partial charge on any atom is -0.494 e. The van der Waals surface area contributed by atoms with Crippen molar-refractivity contribution in [1.82, 2.24) is 9.78 Å². The molecule has 1 N–H and O–H groups in total. The Morgan fingerprint density at radius 1 is 1.29 bits per heavy atom. The maximum atomic E-state index is 12.0. The molecule has 0 spiro atoms. The maximum Gasteiger partial charge on any atom is 0.437 e. The van der Waals surface area contributed by atoms with Gasteiger partial charge in [0.15, 0.2) is 5.76 Å². The van der Waals surface area contributed by atoms with Gasteiger partial charge in [-0.25, -0.2) is 4.79 Å². The number of nitrogens with one attached hydrogen (secondary N) is 1. The van der Waals surface area contributed by atoms with Crippen molar-refractivity contribution < 1.29 is 18.4 Å². The van der Waals surface area contributed by atoms with E-state index in [1.165, 1.54) is 6.26 Å². The molecule has 0 bridgehead atoms. The summed E-state index contributed by atoms with van der Waals surface area (Å²) in [5.41, 5.74) is 0.589. The van der Waals surface area contributed by atoms with Gasteiger partial charge in [0.25, 0.3) is 5.89 Å². The lowest BCUT2D eigenvalue weighted by Gasteiger charge is -2.06. The van der Waals surface area contributed by atoms with E-state index in [2.05, 4.69) is 10.4 Å². The van der Waals surface area contributed by atoms with E-state index in [1.54, 1.807) is 36.4 Å². The summed E-state index contributed by atoms with van der Waals surface area (Å²) >= 11 is 0. The minimum absolute atomic E-state index is 0.0267. The Balaban J connectivity index is 1.65. The van der Waals surface area contributed by atoms with Crippen LogP contribution < -0.4 is 15.8 Å². The second-order valence-electron chi connectivity index (χ2n) is 4.81. The van der Waals surface area contributed by atoms with Gasteiger partial charge < -0.3 is 18.9 Å². The minimum atomic E-state index is -0.733.